The van der Waals surface area contributed by atoms with Gasteiger partial charge in [-0.25, -0.2) is 4.68 Å². The van der Waals surface area contributed by atoms with Gasteiger partial charge in [-0.1, -0.05) is 24.3 Å². The van der Waals surface area contributed by atoms with E-state index in [2.05, 4.69) is 29.4 Å². The molecule has 0 amide bonds. The fourth-order valence-electron chi connectivity index (χ4n) is 1.91. The second kappa shape index (κ2) is 4.67. The molecule has 2 rings (SSSR count). The van der Waals surface area contributed by atoms with Gasteiger partial charge in [0.05, 0.1) is 11.4 Å². The van der Waals surface area contributed by atoms with Crippen LogP contribution in [-0.2, 0) is 6.42 Å². The van der Waals surface area contributed by atoms with E-state index >= 15 is 0 Å². The van der Waals surface area contributed by atoms with E-state index in [9.17, 15) is 0 Å². The predicted octanol–water partition coefficient (Wildman–Crippen LogP) is 2.16. The number of aromatic nitrogens is 3. The van der Waals surface area contributed by atoms with E-state index in [4.69, 9.17) is 5.73 Å². The van der Waals surface area contributed by atoms with Crippen LogP contribution in [0, 0.1) is 6.92 Å². The summed E-state index contributed by atoms with van der Waals surface area (Å²) in [5, 5.41) is 8.30. The van der Waals surface area contributed by atoms with Crippen LogP contribution in [-0.4, -0.2) is 15.0 Å². The van der Waals surface area contributed by atoms with Gasteiger partial charge in [0.1, 0.15) is 5.69 Å². The molecule has 0 aliphatic rings. The van der Waals surface area contributed by atoms with E-state index in [1.165, 1.54) is 5.56 Å². The molecule has 90 valence electrons. The molecule has 0 radical (unpaired) electrons. The van der Waals surface area contributed by atoms with Crippen molar-refractivity contribution in [3.63, 3.8) is 0 Å². The summed E-state index contributed by atoms with van der Waals surface area (Å²) in [5.41, 5.74) is 10.0. The van der Waals surface area contributed by atoms with E-state index in [0.29, 0.717) is 0 Å². The van der Waals surface area contributed by atoms with Crippen LogP contribution in [0.2, 0.25) is 0 Å². The number of hydrogen-bond donors (Lipinski definition) is 1. The predicted molar refractivity (Wildman–Crippen MR) is 68.1 cm³/mol. The van der Waals surface area contributed by atoms with E-state index in [-0.39, 0.29) is 6.04 Å². The number of nitrogens with zero attached hydrogens (tertiary/aromatic N) is 3. The highest BCUT2D eigenvalue weighted by molar-refractivity contribution is 5.37. The molecule has 1 unspecified atom stereocenters. The molecule has 1 aromatic carbocycles. The Bertz CT molecular complexity index is 514. The molecule has 2 N–H and O–H groups in total. The maximum Gasteiger partial charge on any atom is 0.102 e. The van der Waals surface area contributed by atoms with Crippen molar-refractivity contribution >= 4 is 0 Å². The smallest absolute Gasteiger partial charge is 0.102 e. The molecule has 0 aliphatic heterocycles. The van der Waals surface area contributed by atoms with Crippen molar-refractivity contribution < 1.29 is 0 Å². The molecule has 0 saturated heterocycles. The Balaban J connectivity index is 2.46. The van der Waals surface area contributed by atoms with Crippen LogP contribution in [0.25, 0.3) is 5.69 Å². The summed E-state index contributed by atoms with van der Waals surface area (Å²) in [4.78, 5) is 0. The first-order valence-electron chi connectivity index (χ1n) is 5.90. The van der Waals surface area contributed by atoms with E-state index < -0.39 is 0 Å². The number of hydrogen-bond acceptors (Lipinski definition) is 3. The Morgan fingerprint density at radius 1 is 1.41 bits per heavy atom. The largest absolute Gasteiger partial charge is 0.323 e. The van der Waals surface area contributed by atoms with E-state index in [0.717, 1.165) is 23.5 Å². The SMILES string of the molecule is CCc1cccc(-n2nnc(C(C)N)c2C)c1. The molecule has 1 atom stereocenters. The summed E-state index contributed by atoms with van der Waals surface area (Å²) in [6.07, 6.45) is 1.02. The van der Waals surface area contributed by atoms with Crippen molar-refractivity contribution in [2.24, 2.45) is 5.73 Å². The summed E-state index contributed by atoms with van der Waals surface area (Å²) in [5.74, 6) is 0. The Morgan fingerprint density at radius 3 is 2.76 bits per heavy atom. The van der Waals surface area contributed by atoms with Gasteiger partial charge < -0.3 is 5.73 Å². The lowest BCUT2D eigenvalue weighted by atomic mass is 10.1. The summed E-state index contributed by atoms with van der Waals surface area (Å²) < 4.78 is 1.85. The zero-order valence-corrected chi connectivity index (χ0v) is 10.5. The minimum atomic E-state index is -0.0851. The number of aryl methyl sites for hydroxylation is 1. The van der Waals surface area contributed by atoms with E-state index in [1.54, 1.807) is 0 Å². The molecule has 0 saturated carbocycles. The maximum absolute atomic E-state index is 5.85. The van der Waals surface area contributed by atoms with Crippen molar-refractivity contribution in [1.82, 2.24) is 15.0 Å². The highest BCUT2D eigenvalue weighted by atomic mass is 15.4. The normalized spacial score (nSPS) is 12.7. The average Bonchev–Trinajstić information content (AvgIpc) is 2.71. The molecule has 2 aromatic rings. The zero-order chi connectivity index (χ0) is 12.4. The minimum absolute atomic E-state index is 0.0851. The third kappa shape index (κ3) is 2.22. The standard InChI is InChI=1S/C13H18N4/c1-4-11-6-5-7-12(8-11)17-10(3)13(9(2)14)15-16-17/h5-9H,4,14H2,1-3H3. The number of rotatable bonds is 3. The zero-order valence-electron chi connectivity index (χ0n) is 10.5. The summed E-state index contributed by atoms with van der Waals surface area (Å²) in [6, 6.07) is 8.24. The van der Waals surface area contributed by atoms with Crippen LogP contribution in [0.4, 0.5) is 0 Å². The third-order valence-corrected chi connectivity index (χ3v) is 2.92. The molecule has 4 nitrogen and oxygen atoms in total. The lowest BCUT2D eigenvalue weighted by molar-refractivity contribution is 0.756. The Hall–Kier alpha value is -1.68. The van der Waals surface area contributed by atoms with Gasteiger partial charge in [0.25, 0.3) is 0 Å². The summed E-state index contributed by atoms with van der Waals surface area (Å²) in [7, 11) is 0. The minimum Gasteiger partial charge on any atom is -0.323 e. The highest BCUT2D eigenvalue weighted by Crippen LogP contribution is 2.17. The van der Waals surface area contributed by atoms with Crippen LogP contribution >= 0.6 is 0 Å². The first-order valence-corrected chi connectivity index (χ1v) is 5.90. The molecule has 17 heavy (non-hydrogen) atoms. The van der Waals surface area contributed by atoms with Crippen LogP contribution in [0.15, 0.2) is 24.3 Å². The molecule has 0 spiro atoms. The molecular formula is C13H18N4. The van der Waals surface area contributed by atoms with Gasteiger partial charge in [0, 0.05) is 6.04 Å². The molecule has 0 aliphatic carbocycles. The first kappa shape index (κ1) is 11.8. The Labute approximate surface area is 101 Å². The molecule has 1 aromatic heterocycles. The quantitative estimate of drug-likeness (QED) is 0.879. The van der Waals surface area contributed by atoms with Gasteiger partial charge in [0.2, 0.25) is 0 Å². The Morgan fingerprint density at radius 2 is 2.18 bits per heavy atom. The van der Waals surface area contributed by atoms with Gasteiger partial charge in [0.15, 0.2) is 0 Å². The maximum atomic E-state index is 5.85. The molecule has 4 heteroatoms. The monoisotopic (exact) mass is 230 g/mol. The van der Waals surface area contributed by atoms with Crippen molar-refractivity contribution in [1.29, 1.82) is 0 Å². The highest BCUT2D eigenvalue weighted by Gasteiger charge is 2.13. The van der Waals surface area contributed by atoms with Gasteiger partial charge in [-0.15, -0.1) is 5.10 Å². The van der Waals surface area contributed by atoms with Crippen molar-refractivity contribution in [3.05, 3.63) is 41.2 Å². The average molecular weight is 230 g/mol. The van der Waals surface area contributed by atoms with Gasteiger partial charge >= 0.3 is 0 Å². The van der Waals surface area contributed by atoms with E-state index in [1.807, 2.05) is 30.7 Å². The Kier molecular flexibility index (Phi) is 3.24. The van der Waals surface area contributed by atoms with Crippen LogP contribution < -0.4 is 5.73 Å². The van der Waals surface area contributed by atoms with Crippen LogP contribution in [0.5, 0.6) is 0 Å². The molecular weight excluding hydrogens is 212 g/mol. The van der Waals surface area contributed by atoms with Gasteiger partial charge in [-0.2, -0.15) is 0 Å². The summed E-state index contributed by atoms with van der Waals surface area (Å²) in [6.45, 7) is 6.06. The first-order chi connectivity index (χ1) is 8.13. The van der Waals surface area contributed by atoms with Crippen molar-refractivity contribution in [3.8, 4) is 5.69 Å². The van der Waals surface area contributed by atoms with Crippen LogP contribution in [0.3, 0.4) is 0 Å². The topological polar surface area (TPSA) is 56.7 Å². The lowest BCUT2D eigenvalue weighted by Gasteiger charge is -2.06. The van der Waals surface area contributed by atoms with Crippen LogP contribution in [0.1, 0.15) is 36.8 Å². The van der Waals surface area contributed by atoms with Crippen molar-refractivity contribution in [2.75, 3.05) is 0 Å². The lowest BCUT2D eigenvalue weighted by Crippen LogP contribution is -2.08. The second-order valence-corrected chi connectivity index (χ2v) is 4.28. The number of nitrogens with two attached hydrogens (primary N) is 1. The molecule has 1 heterocycles. The fourth-order valence-corrected chi connectivity index (χ4v) is 1.91. The fraction of sp³-hybridized carbons (Fsp3) is 0.385. The molecule has 0 fully saturated rings. The van der Waals surface area contributed by atoms with Crippen molar-refractivity contribution in [2.45, 2.75) is 33.2 Å². The van der Waals surface area contributed by atoms with Gasteiger partial charge in [-0.05, 0) is 38.0 Å². The number of benzene rings is 1. The third-order valence-electron chi connectivity index (χ3n) is 2.92. The molecule has 0 bridgehead atoms. The summed E-state index contributed by atoms with van der Waals surface area (Å²) >= 11 is 0. The second-order valence-electron chi connectivity index (χ2n) is 4.28. The van der Waals surface area contributed by atoms with Gasteiger partial charge in [-0.3, -0.25) is 0 Å².